The van der Waals surface area contributed by atoms with E-state index >= 15 is 0 Å². The number of carbonyl (C=O) groups excluding carboxylic acids is 1. The van der Waals surface area contributed by atoms with Crippen LogP contribution in [0.15, 0.2) is 30.3 Å². The molecule has 1 aromatic heterocycles. The van der Waals surface area contributed by atoms with Crippen molar-refractivity contribution in [3.8, 4) is 0 Å². The fraction of sp³-hybridized carbons (Fsp3) is 0.375. The van der Waals surface area contributed by atoms with Crippen molar-refractivity contribution >= 4 is 5.91 Å². The van der Waals surface area contributed by atoms with E-state index in [1.54, 1.807) is 0 Å². The second-order valence-electron chi connectivity index (χ2n) is 5.38. The Morgan fingerprint density at radius 2 is 1.90 bits per heavy atom. The molecule has 1 amide bonds. The third kappa shape index (κ3) is 3.26. The molecule has 4 heteroatoms. The molecule has 0 aliphatic heterocycles. The molecule has 0 aliphatic carbocycles. The van der Waals surface area contributed by atoms with E-state index in [1.165, 1.54) is 5.56 Å². The van der Waals surface area contributed by atoms with Crippen LogP contribution in [0.1, 0.15) is 47.2 Å². The van der Waals surface area contributed by atoms with Crippen molar-refractivity contribution in [2.24, 2.45) is 0 Å². The van der Waals surface area contributed by atoms with Gasteiger partial charge in [-0.1, -0.05) is 29.8 Å². The van der Waals surface area contributed by atoms with Crippen LogP contribution in [0.3, 0.4) is 0 Å². The van der Waals surface area contributed by atoms with Gasteiger partial charge in [0.2, 0.25) is 0 Å². The number of carbonyl (C=O) groups is 1. The highest BCUT2D eigenvalue weighted by molar-refractivity contribution is 5.92. The monoisotopic (exact) mass is 271 g/mol. The SMILES string of the molecule is Cc1ccc(CNC(=O)c2cc(C)n(C(C)C)n2)cc1. The summed E-state index contributed by atoms with van der Waals surface area (Å²) in [5.74, 6) is -0.131. The highest BCUT2D eigenvalue weighted by Crippen LogP contribution is 2.10. The van der Waals surface area contributed by atoms with Gasteiger partial charge in [-0.15, -0.1) is 0 Å². The molecule has 106 valence electrons. The Kier molecular flexibility index (Phi) is 4.23. The first-order valence-electron chi connectivity index (χ1n) is 6.87. The number of benzene rings is 1. The molecule has 0 fully saturated rings. The second kappa shape index (κ2) is 5.90. The summed E-state index contributed by atoms with van der Waals surface area (Å²) in [6.07, 6.45) is 0. The van der Waals surface area contributed by atoms with Crippen LogP contribution in [-0.2, 0) is 6.54 Å². The molecule has 0 aliphatic rings. The molecule has 1 heterocycles. The Labute approximate surface area is 119 Å². The number of aryl methyl sites for hydroxylation is 2. The molecule has 0 saturated heterocycles. The van der Waals surface area contributed by atoms with Crippen LogP contribution < -0.4 is 5.32 Å². The maximum absolute atomic E-state index is 12.1. The van der Waals surface area contributed by atoms with E-state index in [0.717, 1.165) is 11.3 Å². The second-order valence-corrected chi connectivity index (χ2v) is 5.38. The Bertz CT molecular complexity index is 597. The third-order valence-electron chi connectivity index (χ3n) is 3.22. The van der Waals surface area contributed by atoms with Crippen molar-refractivity contribution in [2.45, 2.75) is 40.3 Å². The van der Waals surface area contributed by atoms with E-state index in [1.807, 2.05) is 62.7 Å². The summed E-state index contributed by atoms with van der Waals surface area (Å²) in [6.45, 7) is 8.63. The standard InChI is InChI=1S/C16H21N3O/c1-11(2)19-13(4)9-15(18-19)16(20)17-10-14-7-5-12(3)6-8-14/h5-9,11H,10H2,1-4H3,(H,17,20). The van der Waals surface area contributed by atoms with Gasteiger partial charge >= 0.3 is 0 Å². The molecule has 0 unspecified atom stereocenters. The number of hydrogen-bond donors (Lipinski definition) is 1. The average molecular weight is 271 g/mol. The normalized spacial score (nSPS) is 10.8. The molecule has 0 bridgehead atoms. The first-order valence-corrected chi connectivity index (χ1v) is 6.87. The number of hydrogen-bond acceptors (Lipinski definition) is 2. The number of nitrogens with one attached hydrogen (secondary N) is 1. The summed E-state index contributed by atoms with van der Waals surface area (Å²) < 4.78 is 1.86. The minimum atomic E-state index is -0.131. The molecule has 1 aromatic carbocycles. The highest BCUT2D eigenvalue weighted by Gasteiger charge is 2.13. The first-order chi connectivity index (χ1) is 9.47. The van der Waals surface area contributed by atoms with E-state index in [0.29, 0.717) is 12.2 Å². The fourth-order valence-corrected chi connectivity index (χ4v) is 2.10. The Balaban J connectivity index is 2.01. The van der Waals surface area contributed by atoms with Crippen LogP contribution in [0.4, 0.5) is 0 Å². The van der Waals surface area contributed by atoms with Gasteiger partial charge in [0.1, 0.15) is 5.69 Å². The van der Waals surface area contributed by atoms with Crippen molar-refractivity contribution in [3.05, 3.63) is 52.8 Å². The Morgan fingerprint density at radius 1 is 1.25 bits per heavy atom. The molecule has 2 aromatic rings. The third-order valence-corrected chi connectivity index (χ3v) is 3.22. The van der Waals surface area contributed by atoms with Gasteiger partial charge in [0.25, 0.3) is 5.91 Å². The van der Waals surface area contributed by atoms with Crippen LogP contribution >= 0.6 is 0 Å². The zero-order valence-corrected chi connectivity index (χ0v) is 12.5. The number of rotatable bonds is 4. The molecular weight excluding hydrogens is 250 g/mol. The Morgan fingerprint density at radius 3 is 2.45 bits per heavy atom. The average Bonchev–Trinajstić information content (AvgIpc) is 2.80. The van der Waals surface area contributed by atoms with Gasteiger partial charge in [0, 0.05) is 18.3 Å². The van der Waals surface area contributed by atoms with Gasteiger partial charge < -0.3 is 5.32 Å². The predicted octanol–water partition coefficient (Wildman–Crippen LogP) is 3.01. The summed E-state index contributed by atoms with van der Waals surface area (Å²) in [4.78, 5) is 12.1. The Hall–Kier alpha value is -2.10. The lowest BCUT2D eigenvalue weighted by Crippen LogP contribution is -2.23. The molecule has 4 nitrogen and oxygen atoms in total. The summed E-state index contributed by atoms with van der Waals surface area (Å²) in [5.41, 5.74) is 3.78. The molecule has 0 radical (unpaired) electrons. The smallest absolute Gasteiger partial charge is 0.272 e. The number of aromatic nitrogens is 2. The van der Waals surface area contributed by atoms with Gasteiger partial charge in [-0.05, 0) is 39.3 Å². The van der Waals surface area contributed by atoms with E-state index in [9.17, 15) is 4.79 Å². The van der Waals surface area contributed by atoms with Gasteiger partial charge in [-0.3, -0.25) is 9.48 Å². The van der Waals surface area contributed by atoms with E-state index < -0.39 is 0 Å². The number of nitrogens with zero attached hydrogens (tertiary/aromatic N) is 2. The van der Waals surface area contributed by atoms with Gasteiger partial charge in [0.15, 0.2) is 0 Å². The molecule has 2 rings (SSSR count). The topological polar surface area (TPSA) is 46.9 Å². The lowest BCUT2D eigenvalue weighted by Gasteiger charge is -2.07. The van der Waals surface area contributed by atoms with Crippen molar-refractivity contribution in [1.29, 1.82) is 0 Å². The quantitative estimate of drug-likeness (QED) is 0.929. The van der Waals surface area contributed by atoms with Crippen LogP contribution in [-0.4, -0.2) is 15.7 Å². The zero-order valence-electron chi connectivity index (χ0n) is 12.5. The molecule has 0 spiro atoms. The molecular formula is C16H21N3O. The molecule has 20 heavy (non-hydrogen) atoms. The molecule has 0 saturated carbocycles. The maximum atomic E-state index is 12.1. The number of amides is 1. The molecule has 0 atom stereocenters. The largest absolute Gasteiger partial charge is 0.347 e. The fourth-order valence-electron chi connectivity index (χ4n) is 2.10. The van der Waals surface area contributed by atoms with E-state index in [-0.39, 0.29) is 11.9 Å². The van der Waals surface area contributed by atoms with Crippen LogP contribution in [0.25, 0.3) is 0 Å². The van der Waals surface area contributed by atoms with Crippen LogP contribution in [0.2, 0.25) is 0 Å². The van der Waals surface area contributed by atoms with E-state index in [4.69, 9.17) is 0 Å². The van der Waals surface area contributed by atoms with Crippen molar-refractivity contribution in [2.75, 3.05) is 0 Å². The van der Waals surface area contributed by atoms with Crippen molar-refractivity contribution < 1.29 is 4.79 Å². The molecule has 1 N–H and O–H groups in total. The van der Waals surface area contributed by atoms with Crippen molar-refractivity contribution in [3.63, 3.8) is 0 Å². The van der Waals surface area contributed by atoms with Crippen molar-refractivity contribution in [1.82, 2.24) is 15.1 Å². The van der Waals surface area contributed by atoms with Gasteiger partial charge in [0.05, 0.1) is 0 Å². The zero-order chi connectivity index (χ0) is 14.7. The van der Waals surface area contributed by atoms with Gasteiger partial charge in [-0.2, -0.15) is 5.10 Å². The van der Waals surface area contributed by atoms with Crippen LogP contribution in [0, 0.1) is 13.8 Å². The lowest BCUT2D eigenvalue weighted by atomic mass is 10.1. The summed E-state index contributed by atoms with van der Waals surface area (Å²) in [7, 11) is 0. The minimum absolute atomic E-state index is 0.131. The first kappa shape index (κ1) is 14.3. The van der Waals surface area contributed by atoms with E-state index in [2.05, 4.69) is 10.4 Å². The predicted molar refractivity (Wildman–Crippen MR) is 79.7 cm³/mol. The van der Waals surface area contributed by atoms with Gasteiger partial charge in [-0.25, -0.2) is 0 Å². The van der Waals surface area contributed by atoms with Crippen LogP contribution in [0.5, 0.6) is 0 Å². The lowest BCUT2D eigenvalue weighted by molar-refractivity contribution is 0.0945. The maximum Gasteiger partial charge on any atom is 0.272 e. The summed E-state index contributed by atoms with van der Waals surface area (Å²) >= 11 is 0. The summed E-state index contributed by atoms with van der Waals surface area (Å²) in [6, 6.07) is 10.2. The highest BCUT2D eigenvalue weighted by atomic mass is 16.1. The summed E-state index contributed by atoms with van der Waals surface area (Å²) in [5, 5.41) is 7.24. The minimum Gasteiger partial charge on any atom is -0.347 e.